The molecule has 1 aromatic heterocycles. The van der Waals surface area contributed by atoms with Crippen LogP contribution >= 0.6 is 11.3 Å². The van der Waals surface area contributed by atoms with Crippen molar-refractivity contribution in [3.63, 3.8) is 0 Å². The van der Waals surface area contributed by atoms with Crippen molar-refractivity contribution < 1.29 is 18.4 Å². The summed E-state index contributed by atoms with van der Waals surface area (Å²) < 4.78 is 26.3. The number of carbonyl (C=O) groups is 2. The van der Waals surface area contributed by atoms with Crippen molar-refractivity contribution in [2.75, 3.05) is 5.32 Å². The van der Waals surface area contributed by atoms with Gasteiger partial charge >= 0.3 is 0 Å². The van der Waals surface area contributed by atoms with Gasteiger partial charge in [-0.15, -0.1) is 11.3 Å². The summed E-state index contributed by atoms with van der Waals surface area (Å²) in [6, 6.07) is 3.20. The van der Waals surface area contributed by atoms with E-state index in [9.17, 15) is 18.4 Å². The molecule has 1 unspecified atom stereocenters. The lowest BCUT2D eigenvalue weighted by Crippen LogP contribution is -2.47. The summed E-state index contributed by atoms with van der Waals surface area (Å²) in [5, 5.41) is 5.94. The third kappa shape index (κ3) is 5.09. The van der Waals surface area contributed by atoms with Crippen LogP contribution in [0.2, 0.25) is 0 Å². The van der Waals surface area contributed by atoms with Gasteiger partial charge in [0.1, 0.15) is 6.04 Å². The number of aromatic nitrogens is 1. The molecule has 1 heterocycles. The fourth-order valence-electron chi connectivity index (χ4n) is 3.39. The molecule has 1 aliphatic carbocycles. The van der Waals surface area contributed by atoms with Gasteiger partial charge in [0.2, 0.25) is 11.8 Å². The van der Waals surface area contributed by atoms with Gasteiger partial charge in [-0.05, 0) is 36.5 Å². The van der Waals surface area contributed by atoms with Crippen molar-refractivity contribution in [2.24, 2.45) is 5.92 Å². The molecule has 1 fully saturated rings. The monoisotopic (exact) mass is 393 g/mol. The molecule has 1 aliphatic rings. The van der Waals surface area contributed by atoms with Crippen LogP contribution < -0.4 is 10.6 Å². The number of hydrogen-bond acceptors (Lipinski definition) is 4. The lowest BCUT2D eigenvalue weighted by molar-refractivity contribution is -0.126. The summed E-state index contributed by atoms with van der Waals surface area (Å²) in [6.07, 6.45) is 5.94. The highest BCUT2D eigenvalue weighted by atomic mass is 32.1. The Labute approximate surface area is 160 Å². The number of benzene rings is 1. The Kier molecular flexibility index (Phi) is 6.15. The van der Waals surface area contributed by atoms with Gasteiger partial charge in [0.25, 0.3) is 0 Å². The molecule has 0 radical (unpaired) electrons. The summed E-state index contributed by atoms with van der Waals surface area (Å²) in [4.78, 5) is 29.1. The zero-order valence-corrected chi connectivity index (χ0v) is 15.7. The molecule has 1 saturated carbocycles. The van der Waals surface area contributed by atoms with Gasteiger partial charge in [-0.25, -0.2) is 13.8 Å². The smallest absolute Gasteiger partial charge is 0.249 e. The molecule has 3 rings (SSSR count). The van der Waals surface area contributed by atoms with E-state index in [1.807, 2.05) is 0 Å². The van der Waals surface area contributed by atoms with E-state index in [2.05, 4.69) is 15.6 Å². The minimum atomic E-state index is -0.889. The molecule has 144 valence electrons. The quantitative estimate of drug-likeness (QED) is 0.787. The summed E-state index contributed by atoms with van der Waals surface area (Å²) in [6.45, 7) is 1.40. The van der Waals surface area contributed by atoms with Gasteiger partial charge in [-0.3, -0.25) is 9.59 Å². The molecule has 0 spiro atoms. The van der Waals surface area contributed by atoms with E-state index >= 15 is 0 Å². The first kappa shape index (κ1) is 19.4. The Morgan fingerprint density at radius 2 is 2.00 bits per heavy atom. The molecular formula is C19H21F2N3O2S. The van der Waals surface area contributed by atoms with Crippen LogP contribution in [-0.4, -0.2) is 22.8 Å². The van der Waals surface area contributed by atoms with Crippen LogP contribution in [-0.2, 0) is 16.0 Å². The molecule has 0 saturated heterocycles. The normalized spacial score (nSPS) is 15.5. The molecule has 1 aromatic carbocycles. The minimum Gasteiger partial charge on any atom is -0.344 e. The first-order valence-corrected chi connectivity index (χ1v) is 9.70. The number of hydrogen-bond donors (Lipinski definition) is 2. The maximum atomic E-state index is 13.3. The molecule has 8 heteroatoms. The maximum absolute atomic E-state index is 13.3. The summed E-state index contributed by atoms with van der Waals surface area (Å²) in [5.41, 5.74) is 0.623. The molecule has 0 aliphatic heterocycles. The lowest BCUT2D eigenvalue weighted by Gasteiger charge is -2.22. The number of thiazole rings is 1. The van der Waals surface area contributed by atoms with Crippen molar-refractivity contribution >= 4 is 28.3 Å². The summed E-state index contributed by atoms with van der Waals surface area (Å²) in [7, 11) is 0. The Bertz CT molecular complexity index is 834. The van der Waals surface area contributed by atoms with Crippen LogP contribution in [0.4, 0.5) is 13.9 Å². The SMILES string of the molecule is CC(=O)NC(C(=O)Nc1ncc(Cc2ccc(F)c(F)c2)s1)C1CCCC1. The van der Waals surface area contributed by atoms with Crippen molar-refractivity contribution in [1.82, 2.24) is 10.3 Å². The van der Waals surface area contributed by atoms with Crippen LogP contribution in [0, 0.1) is 17.6 Å². The fraction of sp³-hybridized carbons (Fsp3) is 0.421. The highest BCUT2D eigenvalue weighted by molar-refractivity contribution is 7.15. The molecule has 0 bridgehead atoms. The van der Waals surface area contributed by atoms with E-state index in [1.165, 1.54) is 24.3 Å². The Morgan fingerprint density at radius 1 is 1.26 bits per heavy atom. The average molecular weight is 393 g/mol. The van der Waals surface area contributed by atoms with Gasteiger partial charge in [0.15, 0.2) is 16.8 Å². The Hall–Kier alpha value is -2.35. The van der Waals surface area contributed by atoms with Crippen molar-refractivity contribution in [3.8, 4) is 0 Å². The predicted octanol–water partition coefficient (Wildman–Crippen LogP) is 3.65. The second-order valence-corrected chi connectivity index (χ2v) is 7.88. The number of nitrogens with one attached hydrogen (secondary N) is 2. The first-order chi connectivity index (χ1) is 12.9. The number of anilines is 1. The Balaban J connectivity index is 1.65. The van der Waals surface area contributed by atoms with E-state index in [0.29, 0.717) is 17.1 Å². The first-order valence-electron chi connectivity index (χ1n) is 8.89. The topological polar surface area (TPSA) is 71.1 Å². The molecular weight excluding hydrogens is 372 g/mol. The molecule has 2 amide bonds. The second kappa shape index (κ2) is 8.56. The Morgan fingerprint density at radius 3 is 2.67 bits per heavy atom. The van der Waals surface area contributed by atoms with E-state index in [1.54, 1.807) is 6.20 Å². The van der Waals surface area contributed by atoms with Gasteiger partial charge in [-0.2, -0.15) is 0 Å². The standard InChI is InChI=1S/C19H21F2N3O2S/c1-11(25)23-17(13-4-2-3-5-13)18(26)24-19-22-10-14(27-19)8-12-6-7-15(20)16(21)9-12/h6-7,9-10,13,17H,2-5,8H2,1H3,(H,23,25)(H,22,24,26). The summed E-state index contributed by atoms with van der Waals surface area (Å²) in [5.74, 6) is -2.14. The van der Waals surface area contributed by atoms with Crippen molar-refractivity contribution in [1.29, 1.82) is 0 Å². The number of carbonyl (C=O) groups excluding carboxylic acids is 2. The lowest BCUT2D eigenvalue weighted by atomic mass is 9.97. The second-order valence-electron chi connectivity index (χ2n) is 6.77. The van der Waals surface area contributed by atoms with E-state index in [4.69, 9.17) is 0 Å². The third-order valence-corrected chi connectivity index (χ3v) is 5.57. The minimum absolute atomic E-state index is 0.135. The molecule has 2 aromatic rings. The van der Waals surface area contributed by atoms with E-state index < -0.39 is 17.7 Å². The number of halogens is 2. The number of nitrogens with zero attached hydrogens (tertiary/aromatic N) is 1. The maximum Gasteiger partial charge on any atom is 0.249 e. The van der Waals surface area contributed by atoms with Gasteiger partial charge in [-0.1, -0.05) is 18.9 Å². The van der Waals surface area contributed by atoms with Gasteiger partial charge in [0.05, 0.1) is 0 Å². The zero-order valence-electron chi connectivity index (χ0n) is 14.9. The molecule has 2 N–H and O–H groups in total. The van der Waals surface area contributed by atoms with Crippen LogP contribution in [0.1, 0.15) is 43.0 Å². The molecule has 1 atom stereocenters. The van der Waals surface area contributed by atoms with Crippen molar-refractivity contribution in [3.05, 3.63) is 46.5 Å². The highest BCUT2D eigenvalue weighted by Crippen LogP contribution is 2.29. The highest BCUT2D eigenvalue weighted by Gasteiger charge is 2.31. The zero-order chi connectivity index (χ0) is 19.4. The predicted molar refractivity (Wildman–Crippen MR) is 99.5 cm³/mol. The van der Waals surface area contributed by atoms with Gasteiger partial charge < -0.3 is 10.6 Å². The average Bonchev–Trinajstić information content (AvgIpc) is 3.28. The largest absolute Gasteiger partial charge is 0.344 e. The van der Waals surface area contributed by atoms with Crippen LogP contribution in [0.5, 0.6) is 0 Å². The molecule has 27 heavy (non-hydrogen) atoms. The van der Waals surface area contributed by atoms with Crippen LogP contribution in [0.15, 0.2) is 24.4 Å². The van der Waals surface area contributed by atoms with Crippen LogP contribution in [0.3, 0.4) is 0 Å². The molecule has 5 nitrogen and oxygen atoms in total. The fourth-order valence-corrected chi connectivity index (χ4v) is 4.24. The summed E-state index contributed by atoms with van der Waals surface area (Å²) >= 11 is 1.27. The van der Waals surface area contributed by atoms with Crippen LogP contribution in [0.25, 0.3) is 0 Å². The number of rotatable bonds is 6. The van der Waals surface area contributed by atoms with Crippen molar-refractivity contribution in [2.45, 2.75) is 45.1 Å². The van der Waals surface area contributed by atoms with E-state index in [-0.39, 0.29) is 17.7 Å². The van der Waals surface area contributed by atoms with Gasteiger partial charge in [0, 0.05) is 24.4 Å². The number of amides is 2. The van der Waals surface area contributed by atoms with E-state index in [0.717, 1.165) is 42.7 Å². The third-order valence-electron chi connectivity index (χ3n) is 4.66.